The second kappa shape index (κ2) is 9.05. The number of nitrogens with zero attached hydrogens (tertiary/aromatic N) is 1. The predicted molar refractivity (Wildman–Crippen MR) is 101 cm³/mol. The fourth-order valence-corrected chi connectivity index (χ4v) is 2.63. The van der Waals surface area contributed by atoms with Gasteiger partial charge in [-0.1, -0.05) is 46.8 Å². The molecule has 2 rings (SSSR count). The molecule has 0 aromatic heterocycles. The van der Waals surface area contributed by atoms with Crippen LogP contribution in [0.2, 0.25) is 0 Å². The first-order chi connectivity index (χ1) is 12.1. The van der Waals surface area contributed by atoms with Crippen molar-refractivity contribution in [1.82, 2.24) is 0 Å². The maximum Gasteiger partial charge on any atom is 0.162 e. The summed E-state index contributed by atoms with van der Waals surface area (Å²) in [5, 5.41) is 9.43. The quantitative estimate of drug-likeness (QED) is 0.343. The molecule has 0 heterocycles. The summed E-state index contributed by atoms with van der Waals surface area (Å²) in [6.07, 6.45) is 3.26. The third kappa shape index (κ3) is 4.71. The highest BCUT2D eigenvalue weighted by atomic mass is 79.9. The van der Waals surface area contributed by atoms with Crippen LogP contribution in [0.15, 0.2) is 53.5 Å². The Labute approximate surface area is 155 Å². The molecule has 0 atom stereocenters. The fourth-order valence-electron chi connectivity index (χ4n) is 2.20. The second-order valence-corrected chi connectivity index (χ2v) is 5.86. The third-order valence-corrected chi connectivity index (χ3v) is 3.99. The van der Waals surface area contributed by atoms with Gasteiger partial charge in [-0.3, -0.25) is 0 Å². The van der Waals surface area contributed by atoms with Crippen LogP contribution in [0.5, 0.6) is 11.5 Å². The monoisotopic (exact) mass is 401 g/mol. The van der Waals surface area contributed by atoms with Gasteiger partial charge in [0.25, 0.3) is 0 Å². The van der Waals surface area contributed by atoms with Gasteiger partial charge in [-0.05, 0) is 36.8 Å². The van der Waals surface area contributed by atoms with Crippen molar-refractivity contribution in [3.05, 3.63) is 70.5 Å². The van der Waals surface area contributed by atoms with Gasteiger partial charge in [0, 0.05) is 10.0 Å². The number of benzene rings is 2. The molecule has 0 fully saturated rings. The lowest BCUT2D eigenvalue weighted by Crippen LogP contribution is -2.00. The standard InChI is InChI=1S/C20H17BrFNO2/c1-3-9-25-20-12-17(21)14(11-19(20)24-4-2)10-15(13-23)16-7-5-6-8-18(16)22/h3,5-8,10-12H,1,4,9H2,2H3/b15-10-. The average molecular weight is 402 g/mol. The van der Waals surface area contributed by atoms with E-state index in [9.17, 15) is 9.65 Å². The van der Waals surface area contributed by atoms with E-state index in [-0.39, 0.29) is 11.1 Å². The molecule has 0 saturated carbocycles. The lowest BCUT2D eigenvalue weighted by molar-refractivity contribution is 0.296. The van der Waals surface area contributed by atoms with Crippen molar-refractivity contribution in [3.8, 4) is 17.6 Å². The van der Waals surface area contributed by atoms with Crippen molar-refractivity contribution in [2.45, 2.75) is 6.92 Å². The maximum atomic E-state index is 14.0. The summed E-state index contributed by atoms with van der Waals surface area (Å²) in [6.45, 7) is 6.31. The Kier molecular flexibility index (Phi) is 6.79. The van der Waals surface area contributed by atoms with E-state index in [1.807, 2.05) is 6.92 Å². The van der Waals surface area contributed by atoms with Crippen LogP contribution in [0.25, 0.3) is 11.6 Å². The largest absolute Gasteiger partial charge is 0.490 e. The zero-order valence-corrected chi connectivity index (χ0v) is 15.3. The van der Waals surface area contributed by atoms with Gasteiger partial charge in [0.1, 0.15) is 12.4 Å². The van der Waals surface area contributed by atoms with E-state index in [1.165, 1.54) is 6.07 Å². The molecule has 0 radical (unpaired) electrons. The highest BCUT2D eigenvalue weighted by Gasteiger charge is 2.12. The molecule has 25 heavy (non-hydrogen) atoms. The summed E-state index contributed by atoms with van der Waals surface area (Å²) in [7, 11) is 0. The molecule has 0 bridgehead atoms. The number of rotatable bonds is 7. The van der Waals surface area contributed by atoms with Gasteiger partial charge in [-0.25, -0.2) is 4.39 Å². The first-order valence-corrected chi connectivity index (χ1v) is 8.46. The summed E-state index contributed by atoms with van der Waals surface area (Å²) in [5.74, 6) is 0.669. The molecule has 0 spiro atoms. The molecule has 0 unspecified atom stereocenters. The van der Waals surface area contributed by atoms with Crippen LogP contribution in [0.3, 0.4) is 0 Å². The molecule has 128 valence electrons. The van der Waals surface area contributed by atoms with Crippen LogP contribution in [0.4, 0.5) is 4.39 Å². The van der Waals surface area contributed by atoms with E-state index in [0.29, 0.717) is 34.7 Å². The van der Waals surface area contributed by atoms with Gasteiger partial charge >= 0.3 is 0 Å². The number of allylic oxidation sites excluding steroid dienone is 1. The third-order valence-electron chi connectivity index (χ3n) is 3.30. The molecule has 2 aromatic rings. The van der Waals surface area contributed by atoms with Crippen LogP contribution in [-0.4, -0.2) is 13.2 Å². The van der Waals surface area contributed by atoms with Gasteiger partial charge in [0.2, 0.25) is 0 Å². The van der Waals surface area contributed by atoms with Crippen molar-refractivity contribution < 1.29 is 13.9 Å². The Balaban J connectivity index is 2.50. The van der Waals surface area contributed by atoms with Gasteiger partial charge in [-0.15, -0.1) is 0 Å². The molecule has 0 amide bonds. The fraction of sp³-hybridized carbons (Fsp3) is 0.150. The Morgan fingerprint density at radius 2 is 2.00 bits per heavy atom. The normalized spacial score (nSPS) is 10.9. The molecule has 0 N–H and O–H groups in total. The van der Waals surface area contributed by atoms with E-state index < -0.39 is 5.82 Å². The molecule has 0 saturated heterocycles. The SMILES string of the molecule is C=CCOc1cc(Br)c(/C=C(/C#N)c2ccccc2F)cc1OCC. The van der Waals surface area contributed by atoms with Crippen molar-refractivity contribution in [1.29, 1.82) is 5.26 Å². The lowest BCUT2D eigenvalue weighted by atomic mass is 10.0. The zero-order chi connectivity index (χ0) is 18.2. The minimum atomic E-state index is -0.442. The number of nitriles is 1. The molecule has 5 heteroatoms. The van der Waals surface area contributed by atoms with Crippen molar-refractivity contribution in [2.24, 2.45) is 0 Å². The summed E-state index contributed by atoms with van der Waals surface area (Å²) in [6, 6.07) is 11.7. The van der Waals surface area contributed by atoms with Gasteiger partial charge in [-0.2, -0.15) is 5.26 Å². The number of hydrogen-bond donors (Lipinski definition) is 0. The molecular formula is C20H17BrFNO2. The topological polar surface area (TPSA) is 42.2 Å². The van der Waals surface area contributed by atoms with E-state index in [2.05, 4.69) is 28.6 Å². The van der Waals surface area contributed by atoms with E-state index in [1.54, 1.807) is 42.5 Å². The first-order valence-electron chi connectivity index (χ1n) is 7.67. The molecule has 2 aromatic carbocycles. The summed E-state index contributed by atoms with van der Waals surface area (Å²) < 4.78 is 25.9. The molecule has 0 aliphatic heterocycles. The maximum absolute atomic E-state index is 14.0. The van der Waals surface area contributed by atoms with Crippen molar-refractivity contribution in [3.63, 3.8) is 0 Å². The highest BCUT2D eigenvalue weighted by Crippen LogP contribution is 2.35. The number of ether oxygens (including phenoxy) is 2. The predicted octanol–water partition coefficient (Wildman–Crippen LogP) is 5.62. The van der Waals surface area contributed by atoms with E-state index >= 15 is 0 Å². The molecule has 0 aliphatic carbocycles. The molecular weight excluding hydrogens is 385 g/mol. The minimum absolute atomic E-state index is 0.223. The Hall–Kier alpha value is -2.58. The highest BCUT2D eigenvalue weighted by molar-refractivity contribution is 9.10. The second-order valence-electron chi connectivity index (χ2n) is 5.00. The molecule has 3 nitrogen and oxygen atoms in total. The average Bonchev–Trinajstić information content (AvgIpc) is 2.61. The number of hydrogen-bond acceptors (Lipinski definition) is 3. The zero-order valence-electron chi connectivity index (χ0n) is 13.8. The summed E-state index contributed by atoms with van der Waals surface area (Å²) in [4.78, 5) is 0. The Bertz CT molecular complexity index is 840. The van der Waals surface area contributed by atoms with Crippen LogP contribution >= 0.6 is 15.9 Å². The Morgan fingerprint density at radius 3 is 2.64 bits per heavy atom. The van der Waals surface area contributed by atoms with Crippen LogP contribution in [0, 0.1) is 17.1 Å². The van der Waals surface area contributed by atoms with Crippen LogP contribution < -0.4 is 9.47 Å². The van der Waals surface area contributed by atoms with Gasteiger partial charge < -0.3 is 9.47 Å². The lowest BCUT2D eigenvalue weighted by Gasteiger charge is -2.13. The Morgan fingerprint density at radius 1 is 1.28 bits per heavy atom. The minimum Gasteiger partial charge on any atom is -0.490 e. The smallest absolute Gasteiger partial charge is 0.162 e. The van der Waals surface area contributed by atoms with Gasteiger partial charge in [0.15, 0.2) is 11.5 Å². The summed E-state index contributed by atoms with van der Waals surface area (Å²) >= 11 is 3.46. The number of halogens is 2. The summed E-state index contributed by atoms with van der Waals surface area (Å²) in [5.41, 5.74) is 1.16. The van der Waals surface area contributed by atoms with Crippen molar-refractivity contribution in [2.75, 3.05) is 13.2 Å². The molecule has 0 aliphatic rings. The van der Waals surface area contributed by atoms with Crippen LogP contribution in [0.1, 0.15) is 18.1 Å². The van der Waals surface area contributed by atoms with E-state index in [0.717, 1.165) is 0 Å². The van der Waals surface area contributed by atoms with Crippen LogP contribution in [-0.2, 0) is 0 Å². The van der Waals surface area contributed by atoms with Crippen molar-refractivity contribution >= 4 is 27.6 Å². The van der Waals surface area contributed by atoms with E-state index in [4.69, 9.17) is 9.47 Å². The first kappa shape index (κ1) is 18.8. The van der Waals surface area contributed by atoms with Gasteiger partial charge in [0.05, 0.1) is 18.2 Å².